The molecule has 0 saturated carbocycles. The monoisotopic (exact) mass is 339 g/mol. The SMILES string of the molecule is CC(C)(C(=O)NCCN1CCC[C@H](c2ccccc2)C1)n1cccc1. The number of piperidine rings is 1. The van der Waals surface area contributed by atoms with Crippen LogP contribution in [0.15, 0.2) is 54.9 Å². The van der Waals surface area contributed by atoms with Crippen LogP contribution in [0.5, 0.6) is 0 Å². The zero-order valence-electron chi connectivity index (χ0n) is 15.3. The third-order valence-electron chi connectivity index (χ3n) is 5.30. The van der Waals surface area contributed by atoms with Gasteiger partial charge >= 0.3 is 0 Å². The normalized spacial score (nSPS) is 18.9. The summed E-state index contributed by atoms with van der Waals surface area (Å²) in [5.41, 5.74) is 0.878. The van der Waals surface area contributed by atoms with Crippen LogP contribution < -0.4 is 5.32 Å². The van der Waals surface area contributed by atoms with E-state index in [0.717, 1.165) is 19.6 Å². The number of hydrogen-bond acceptors (Lipinski definition) is 2. The first kappa shape index (κ1) is 17.7. The summed E-state index contributed by atoms with van der Waals surface area (Å²) in [4.78, 5) is 15.0. The van der Waals surface area contributed by atoms with Gasteiger partial charge in [-0.05, 0) is 56.8 Å². The number of hydrogen-bond donors (Lipinski definition) is 1. The summed E-state index contributed by atoms with van der Waals surface area (Å²) in [6.07, 6.45) is 6.36. The highest BCUT2D eigenvalue weighted by molar-refractivity contribution is 5.83. The minimum absolute atomic E-state index is 0.0697. The van der Waals surface area contributed by atoms with Gasteiger partial charge in [0.2, 0.25) is 5.91 Å². The van der Waals surface area contributed by atoms with Crippen LogP contribution in [0.25, 0.3) is 0 Å². The Labute approximate surface area is 150 Å². The Morgan fingerprint density at radius 1 is 1.16 bits per heavy atom. The first-order valence-electron chi connectivity index (χ1n) is 9.26. The average Bonchev–Trinajstić information content (AvgIpc) is 3.18. The lowest BCUT2D eigenvalue weighted by Crippen LogP contribution is -2.47. The molecule has 1 saturated heterocycles. The van der Waals surface area contributed by atoms with Crippen molar-refractivity contribution >= 4 is 5.91 Å². The molecule has 4 nitrogen and oxygen atoms in total. The summed E-state index contributed by atoms with van der Waals surface area (Å²) in [5, 5.41) is 3.11. The van der Waals surface area contributed by atoms with Crippen LogP contribution in [0.4, 0.5) is 0 Å². The van der Waals surface area contributed by atoms with Gasteiger partial charge in [0.25, 0.3) is 0 Å². The van der Waals surface area contributed by atoms with E-state index < -0.39 is 5.54 Å². The van der Waals surface area contributed by atoms with Crippen molar-refractivity contribution in [1.29, 1.82) is 0 Å². The molecular weight excluding hydrogens is 310 g/mol. The van der Waals surface area contributed by atoms with Crippen molar-refractivity contribution in [2.45, 2.75) is 38.1 Å². The van der Waals surface area contributed by atoms with Crippen molar-refractivity contribution in [2.75, 3.05) is 26.2 Å². The molecule has 1 atom stereocenters. The van der Waals surface area contributed by atoms with Crippen LogP contribution in [0.3, 0.4) is 0 Å². The zero-order valence-corrected chi connectivity index (χ0v) is 15.3. The molecule has 0 aliphatic carbocycles. The second-order valence-corrected chi connectivity index (χ2v) is 7.46. The van der Waals surface area contributed by atoms with Gasteiger partial charge in [0.05, 0.1) is 0 Å². The number of amides is 1. The number of aromatic nitrogens is 1. The molecule has 134 valence electrons. The molecule has 1 N–H and O–H groups in total. The summed E-state index contributed by atoms with van der Waals surface area (Å²) in [6, 6.07) is 14.7. The van der Waals surface area contributed by atoms with E-state index in [4.69, 9.17) is 0 Å². The molecule has 3 rings (SSSR count). The highest BCUT2D eigenvalue weighted by Gasteiger charge is 2.28. The number of benzene rings is 1. The maximum absolute atomic E-state index is 12.5. The lowest BCUT2D eigenvalue weighted by Gasteiger charge is -2.33. The molecule has 1 amide bonds. The van der Waals surface area contributed by atoms with Crippen LogP contribution in [-0.4, -0.2) is 41.6 Å². The highest BCUT2D eigenvalue weighted by atomic mass is 16.2. The molecule has 1 fully saturated rings. The van der Waals surface area contributed by atoms with Crippen molar-refractivity contribution in [3.63, 3.8) is 0 Å². The highest BCUT2D eigenvalue weighted by Crippen LogP contribution is 2.26. The van der Waals surface area contributed by atoms with Crippen molar-refractivity contribution in [3.8, 4) is 0 Å². The first-order chi connectivity index (χ1) is 12.1. The number of nitrogens with zero attached hydrogens (tertiary/aromatic N) is 2. The molecule has 1 aliphatic heterocycles. The lowest BCUT2D eigenvalue weighted by atomic mass is 9.91. The van der Waals surface area contributed by atoms with Crippen LogP contribution in [0, 0.1) is 0 Å². The topological polar surface area (TPSA) is 37.3 Å². The van der Waals surface area contributed by atoms with Gasteiger partial charge in [-0.2, -0.15) is 0 Å². The van der Waals surface area contributed by atoms with E-state index in [9.17, 15) is 4.79 Å². The molecule has 1 aromatic heterocycles. The molecule has 2 aromatic rings. The molecule has 2 heterocycles. The number of carbonyl (C=O) groups excluding carboxylic acids is 1. The van der Waals surface area contributed by atoms with Gasteiger partial charge < -0.3 is 14.8 Å². The Morgan fingerprint density at radius 2 is 1.88 bits per heavy atom. The summed E-state index contributed by atoms with van der Waals surface area (Å²) in [5.74, 6) is 0.683. The van der Waals surface area contributed by atoms with Crippen LogP contribution in [0.2, 0.25) is 0 Å². The van der Waals surface area contributed by atoms with Crippen LogP contribution in [-0.2, 0) is 10.3 Å². The van der Waals surface area contributed by atoms with Crippen molar-refractivity contribution in [2.24, 2.45) is 0 Å². The third-order valence-corrected chi connectivity index (χ3v) is 5.30. The van der Waals surface area contributed by atoms with Gasteiger partial charge in [0, 0.05) is 32.0 Å². The van der Waals surface area contributed by atoms with Gasteiger partial charge in [-0.25, -0.2) is 0 Å². The molecule has 0 radical (unpaired) electrons. The van der Waals surface area contributed by atoms with Crippen molar-refractivity contribution < 1.29 is 4.79 Å². The fourth-order valence-electron chi connectivity index (χ4n) is 3.62. The number of likely N-dealkylation sites (tertiary alicyclic amines) is 1. The predicted molar refractivity (Wildman–Crippen MR) is 102 cm³/mol. The number of rotatable bonds is 6. The quantitative estimate of drug-likeness (QED) is 0.877. The maximum atomic E-state index is 12.5. The van der Waals surface area contributed by atoms with Crippen LogP contribution >= 0.6 is 0 Å². The molecule has 4 heteroatoms. The van der Waals surface area contributed by atoms with E-state index in [2.05, 4.69) is 40.5 Å². The number of carbonyl (C=O) groups is 1. The van der Waals surface area contributed by atoms with E-state index in [-0.39, 0.29) is 5.91 Å². The second-order valence-electron chi connectivity index (χ2n) is 7.46. The Hall–Kier alpha value is -2.07. The Bertz CT molecular complexity index is 664. The lowest BCUT2D eigenvalue weighted by molar-refractivity contribution is -0.128. The van der Waals surface area contributed by atoms with Gasteiger partial charge in [-0.1, -0.05) is 30.3 Å². The summed E-state index contributed by atoms with van der Waals surface area (Å²) < 4.78 is 1.95. The Balaban J connectivity index is 1.48. The zero-order chi connectivity index (χ0) is 17.7. The van der Waals surface area contributed by atoms with E-state index in [1.165, 1.54) is 18.4 Å². The van der Waals surface area contributed by atoms with Gasteiger partial charge in [-0.15, -0.1) is 0 Å². The van der Waals surface area contributed by atoms with E-state index in [1.807, 2.05) is 42.9 Å². The summed E-state index contributed by atoms with van der Waals surface area (Å²) in [7, 11) is 0. The van der Waals surface area contributed by atoms with Gasteiger partial charge in [0.15, 0.2) is 0 Å². The van der Waals surface area contributed by atoms with Gasteiger partial charge in [-0.3, -0.25) is 4.79 Å². The summed E-state index contributed by atoms with van der Waals surface area (Å²) >= 11 is 0. The van der Waals surface area contributed by atoms with Crippen molar-refractivity contribution in [1.82, 2.24) is 14.8 Å². The standard InChI is InChI=1S/C21H29N3O/c1-21(2,24-14-6-7-15-24)20(25)22-12-16-23-13-8-11-19(17-23)18-9-4-3-5-10-18/h3-7,9-10,14-15,19H,8,11-13,16-17H2,1-2H3,(H,22,25)/t19-/m0/s1. The largest absolute Gasteiger partial charge is 0.353 e. The second kappa shape index (κ2) is 7.87. The number of nitrogens with one attached hydrogen (secondary N) is 1. The minimum atomic E-state index is -0.558. The molecular formula is C21H29N3O. The maximum Gasteiger partial charge on any atom is 0.245 e. The molecule has 0 spiro atoms. The first-order valence-corrected chi connectivity index (χ1v) is 9.26. The minimum Gasteiger partial charge on any atom is -0.353 e. The van der Waals surface area contributed by atoms with E-state index in [0.29, 0.717) is 12.5 Å². The average molecular weight is 339 g/mol. The van der Waals surface area contributed by atoms with E-state index in [1.54, 1.807) is 0 Å². The fourth-order valence-corrected chi connectivity index (χ4v) is 3.62. The van der Waals surface area contributed by atoms with Gasteiger partial charge in [0.1, 0.15) is 5.54 Å². The fraction of sp³-hybridized carbons (Fsp3) is 0.476. The molecule has 1 aliphatic rings. The molecule has 0 unspecified atom stereocenters. The predicted octanol–water partition coefficient (Wildman–Crippen LogP) is 3.22. The van der Waals surface area contributed by atoms with Crippen LogP contribution in [0.1, 0.15) is 38.2 Å². The summed E-state index contributed by atoms with van der Waals surface area (Å²) in [6.45, 7) is 7.73. The van der Waals surface area contributed by atoms with E-state index >= 15 is 0 Å². The molecule has 25 heavy (non-hydrogen) atoms. The third kappa shape index (κ3) is 4.31. The smallest absolute Gasteiger partial charge is 0.245 e. The molecule has 1 aromatic carbocycles. The Morgan fingerprint density at radius 3 is 2.60 bits per heavy atom. The Kier molecular flexibility index (Phi) is 5.59. The molecule has 0 bridgehead atoms. The van der Waals surface area contributed by atoms with Crippen molar-refractivity contribution in [3.05, 3.63) is 60.4 Å².